The van der Waals surface area contributed by atoms with Crippen LogP contribution in [0.4, 0.5) is 0 Å². The molecular formula is C21H22N4O2S. The van der Waals surface area contributed by atoms with Crippen LogP contribution in [0.1, 0.15) is 31.4 Å². The van der Waals surface area contributed by atoms with E-state index in [4.69, 9.17) is 5.10 Å². The molecule has 2 aromatic heterocycles. The topological polar surface area (TPSA) is 68.1 Å². The molecule has 0 amide bonds. The summed E-state index contributed by atoms with van der Waals surface area (Å²) in [5.41, 5.74) is 4.01. The van der Waals surface area contributed by atoms with Gasteiger partial charge in [-0.3, -0.25) is 9.67 Å². The van der Waals surface area contributed by atoms with E-state index in [1.54, 1.807) is 4.31 Å². The molecule has 6 nitrogen and oxygen atoms in total. The Labute approximate surface area is 164 Å². The first-order chi connectivity index (χ1) is 13.6. The average molecular weight is 395 g/mol. The lowest BCUT2D eigenvalue weighted by Crippen LogP contribution is -2.35. The zero-order valence-electron chi connectivity index (χ0n) is 15.6. The van der Waals surface area contributed by atoms with Crippen molar-refractivity contribution in [2.24, 2.45) is 0 Å². The van der Waals surface area contributed by atoms with Gasteiger partial charge < -0.3 is 0 Å². The molecule has 6 rings (SSSR count). The van der Waals surface area contributed by atoms with Crippen LogP contribution in [0.15, 0.2) is 42.6 Å². The molecule has 1 aromatic carbocycles. The number of hydrogen-bond donors (Lipinski definition) is 0. The molecule has 144 valence electrons. The van der Waals surface area contributed by atoms with Crippen LogP contribution in [0.25, 0.3) is 22.2 Å². The molecule has 1 saturated heterocycles. The predicted octanol–water partition coefficient (Wildman–Crippen LogP) is 2.94. The minimum atomic E-state index is -3.11. The van der Waals surface area contributed by atoms with Crippen molar-refractivity contribution < 1.29 is 8.42 Å². The van der Waals surface area contributed by atoms with Crippen LogP contribution in [0.2, 0.25) is 0 Å². The number of aryl methyl sites for hydroxylation is 1. The molecule has 1 atom stereocenters. The van der Waals surface area contributed by atoms with E-state index in [2.05, 4.69) is 27.9 Å². The molecule has 1 aliphatic carbocycles. The summed E-state index contributed by atoms with van der Waals surface area (Å²) >= 11 is 0. The molecular weight excluding hydrogens is 372 g/mol. The molecule has 3 aromatic rings. The molecule has 2 aliphatic heterocycles. The van der Waals surface area contributed by atoms with Crippen LogP contribution in [-0.2, 0) is 22.0 Å². The van der Waals surface area contributed by atoms with E-state index < -0.39 is 10.0 Å². The largest absolute Gasteiger partial charge is 0.268 e. The molecule has 0 N–H and O–H groups in total. The van der Waals surface area contributed by atoms with E-state index in [0.29, 0.717) is 13.1 Å². The summed E-state index contributed by atoms with van der Waals surface area (Å²) in [5, 5.41) is 5.80. The van der Waals surface area contributed by atoms with Gasteiger partial charge in [0.25, 0.3) is 0 Å². The summed E-state index contributed by atoms with van der Waals surface area (Å²) in [6, 6.07) is 12.4. The molecule has 1 spiro atoms. The van der Waals surface area contributed by atoms with Gasteiger partial charge in [0.1, 0.15) is 0 Å². The van der Waals surface area contributed by atoms with E-state index in [1.165, 1.54) is 5.69 Å². The van der Waals surface area contributed by atoms with Crippen molar-refractivity contribution in [2.75, 3.05) is 13.1 Å². The smallest absolute Gasteiger partial charge is 0.217 e. The summed E-state index contributed by atoms with van der Waals surface area (Å²) in [6.45, 7) is 2.09. The van der Waals surface area contributed by atoms with Gasteiger partial charge in [-0.05, 0) is 43.9 Å². The maximum absolute atomic E-state index is 12.7. The molecule has 2 fully saturated rings. The third kappa shape index (κ3) is 2.39. The van der Waals surface area contributed by atoms with Crippen molar-refractivity contribution in [1.29, 1.82) is 0 Å². The van der Waals surface area contributed by atoms with E-state index in [-0.39, 0.29) is 10.7 Å². The molecule has 7 heteroatoms. The van der Waals surface area contributed by atoms with Crippen LogP contribution in [0.3, 0.4) is 0 Å². The van der Waals surface area contributed by atoms with Gasteiger partial charge in [0.15, 0.2) is 0 Å². The Morgan fingerprint density at radius 3 is 2.75 bits per heavy atom. The standard InChI is InChI=1S/C21H22N4O2S/c26-28(27,17-5-6-17)24-9-7-21(14-24)8-10-25-20(21)12-19(23-25)16-11-15-3-1-2-4-18(15)22-13-16/h1-4,11-13,17H,5-10,14H2/t21-/m0/s1. The number of aromatic nitrogens is 3. The quantitative estimate of drug-likeness (QED) is 0.685. The van der Waals surface area contributed by atoms with Crippen molar-refractivity contribution >= 4 is 20.9 Å². The number of para-hydroxylation sites is 1. The summed E-state index contributed by atoms with van der Waals surface area (Å²) in [5.74, 6) is 0. The minimum absolute atomic E-state index is 0.0858. The van der Waals surface area contributed by atoms with E-state index in [0.717, 1.165) is 54.4 Å². The van der Waals surface area contributed by atoms with Gasteiger partial charge in [0.05, 0.1) is 16.5 Å². The summed E-state index contributed by atoms with van der Waals surface area (Å²) in [7, 11) is -3.11. The van der Waals surface area contributed by atoms with Crippen molar-refractivity contribution in [3.8, 4) is 11.3 Å². The lowest BCUT2D eigenvalue weighted by atomic mass is 9.82. The van der Waals surface area contributed by atoms with Gasteiger partial charge in [0, 0.05) is 47.9 Å². The fourth-order valence-electron chi connectivity index (χ4n) is 4.86. The van der Waals surface area contributed by atoms with Crippen molar-refractivity contribution in [3.05, 3.63) is 48.3 Å². The van der Waals surface area contributed by atoms with Gasteiger partial charge in [0.2, 0.25) is 10.0 Å². The third-order valence-corrected chi connectivity index (χ3v) is 8.98. The van der Waals surface area contributed by atoms with Gasteiger partial charge in [-0.1, -0.05) is 18.2 Å². The Balaban J connectivity index is 1.35. The first kappa shape index (κ1) is 16.7. The Morgan fingerprint density at radius 1 is 1.07 bits per heavy atom. The number of benzene rings is 1. The number of rotatable bonds is 3. The van der Waals surface area contributed by atoms with Crippen molar-refractivity contribution in [3.63, 3.8) is 0 Å². The van der Waals surface area contributed by atoms with E-state index in [1.807, 2.05) is 24.4 Å². The number of sulfonamides is 1. The monoisotopic (exact) mass is 394 g/mol. The first-order valence-corrected chi connectivity index (χ1v) is 11.5. The average Bonchev–Trinajstić information content (AvgIpc) is 3.21. The minimum Gasteiger partial charge on any atom is -0.268 e. The lowest BCUT2D eigenvalue weighted by Gasteiger charge is -2.23. The summed E-state index contributed by atoms with van der Waals surface area (Å²) in [4.78, 5) is 4.56. The highest BCUT2D eigenvalue weighted by atomic mass is 32.2. The second-order valence-electron chi connectivity index (χ2n) is 8.41. The van der Waals surface area contributed by atoms with Gasteiger partial charge in [-0.15, -0.1) is 0 Å². The highest BCUT2D eigenvalue weighted by Gasteiger charge is 2.51. The first-order valence-electron chi connectivity index (χ1n) is 9.98. The van der Waals surface area contributed by atoms with Crippen LogP contribution in [0, 0.1) is 0 Å². The number of pyridine rings is 1. The molecule has 4 heterocycles. The Morgan fingerprint density at radius 2 is 1.89 bits per heavy atom. The Hall–Kier alpha value is -2.25. The van der Waals surface area contributed by atoms with Crippen LogP contribution < -0.4 is 0 Å². The number of hydrogen-bond acceptors (Lipinski definition) is 4. The van der Waals surface area contributed by atoms with Gasteiger partial charge >= 0.3 is 0 Å². The molecule has 28 heavy (non-hydrogen) atoms. The maximum atomic E-state index is 12.7. The Bertz CT molecular complexity index is 1200. The van der Waals surface area contributed by atoms with E-state index in [9.17, 15) is 8.42 Å². The third-order valence-electron chi connectivity index (χ3n) is 6.64. The zero-order valence-corrected chi connectivity index (χ0v) is 16.4. The van der Waals surface area contributed by atoms with E-state index >= 15 is 0 Å². The SMILES string of the molecule is O=S(=O)(C1CC1)N1CC[C@]2(CCn3nc(-c4cnc5ccccc5c4)cc32)C1. The number of fused-ring (bicyclic) bond motifs is 3. The molecule has 3 aliphatic rings. The highest BCUT2D eigenvalue weighted by molar-refractivity contribution is 7.90. The molecule has 0 bridgehead atoms. The van der Waals surface area contributed by atoms with Crippen molar-refractivity contribution in [1.82, 2.24) is 19.1 Å². The van der Waals surface area contributed by atoms with Crippen LogP contribution in [-0.4, -0.2) is 45.8 Å². The predicted molar refractivity (Wildman–Crippen MR) is 107 cm³/mol. The van der Waals surface area contributed by atoms with Crippen molar-refractivity contribution in [2.45, 2.75) is 42.9 Å². The second-order valence-corrected chi connectivity index (χ2v) is 10.6. The summed E-state index contributed by atoms with van der Waals surface area (Å²) < 4.78 is 29.2. The molecule has 0 unspecified atom stereocenters. The maximum Gasteiger partial charge on any atom is 0.217 e. The fourth-order valence-corrected chi connectivity index (χ4v) is 6.78. The normalized spacial score (nSPS) is 25.0. The van der Waals surface area contributed by atoms with Crippen LogP contribution >= 0.6 is 0 Å². The number of nitrogens with zero attached hydrogens (tertiary/aromatic N) is 4. The fraction of sp³-hybridized carbons (Fsp3) is 0.429. The summed E-state index contributed by atoms with van der Waals surface area (Å²) in [6.07, 6.45) is 5.39. The molecule has 1 saturated carbocycles. The van der Waals surface area contributed by atoms with Gasteiger partial charge in [-0.25, -0.2) is 12.7 Å². The highest BCUT2D eigenvalue weighted by Crippen LogP contribution is 2.46. The Kier molecular flexibility index (Phi) is 3.36. The zero-order chi connectivity index (χ0) is 18.9. The molecule has 0 radical (unpaired) electrons. The van der Waals surface area contributed by atoms with Crippen LogP contribution in [0.5, 0.6) is 0 Å². The lowest BCUT2D eigenvalue weighted by molar-refractivity contribution is 0.415. The second kappa shape index (κ2) is 5.64. The van der Waals surface area contributed by atoms with Gasteiger partial charge in [-0.2, -0.15) is 5.10 Å².